The highest BCUT2D eigenvalue weighted by molar-refractivity contribution is 6.07. The van der Waals surface area contributed by atoms with Crippen LogP contribution in [-0.2, 0) is 19.1 Å². The quantitative estimate of drug-likeness (QED) is 0.256. The van der Waals surface area contributed by atoms with Gasteiger partial charge in [0.15, 0.2) is 0 Å². The molecule has 1 aliphatic heterocycles. The molecule has 1 aliphatic rings. The second-order valence-corrected chi connectivity index (χ2v) is 8.59. The van der Waals surface area contributed by atoms with Crippen LogP contribution in [0.3, 0.4) is 0 Å². The average molecular weight is 491 g/mol. The molecule has 0 radical (unpaired) electrons. The van der Waals surface area contributed by atoms with Gasteiger partial charge in [-0.25, -0.2) is 4.79 Å². The van der Waals surface area contributed by atoms with E-state index in [1.165, 1.54) is 25.3 Å². The van der Waals surface area contributed by atoms with Gasteiger partial charge in [0, 0.05) is 29.5 Å². The van der Waals surface area contributed by atoms with Crippen LogP contribution in [0.5, 0.6) is 0 Å². The van der Waals surface area contributed by atoms with Crippen molar-refractivity contribution < 1.29 is 24.0 Å². The number of rotatable bonds is 9. The molecular formula is C28H30N2O6. The highest BCUT2D eigenvalue weighted by Crippen LogP contribution is 2.41. The van der Waals surface area contributed by atoms with Gasteiger partial charge in [-0.05, 0) is 37.5 Å². The van der Waals surface area contributed by atoms with E-state index in [1.807, 2.05) is 49.4 Å². The molecule has 0 aliphatic carbocycles. The summed E-state index contributed by atoms with van der Waals surface area (Å²) in [4.78, 5) is 41.8. The van der Waals surface area contributed by atoms with E-state index in [4.69, 9.17) is 9.47 Å². The van der Waals surface area contributed by atoms with Crippen molar-refractivity contribution in [3.63, 3.8) is 0 Å². The van der Waals surface area contributed by atoms with Crippen molar-refractivity contribution in [2.75, 3.05) is 7.11 Å². The molecule has 36 heavy (non-hydrogen) atoms. The van der Waals surface area contributed by atoms with Crippen molar-refractivity contribution in [3.8, 4) is 0 Å². The molecule has 0 aromatic heterocycles. The molecular weight excluding hydrogens is 460 g/mol. The Morgan fingerprint density at radius 3 is 2.50 bits per heavy atom. The molecule has 2 aromatic carbocycles. The van der Waals surface area contributed by atoms with Crippen LogP contribution in [0.4, 0.5) is 5.69 Å². The van der Waals surface area contributed by atoms with Crippen LogP contribution in [0.2, 0.25) is 0 Å². The van der Waals surface area contributed by atoms with E-state index in [-0.39, 0.29) is 11.3 Å². The highest BCUT2D eigenvalue weighted by Gasteiger charge is 2.43. The van der Waals surface area contributed by atoms with Gasteiger partial charge in [0.05, 0.1) is 17.6 Å². The van der Waals surface area contributed by atoms with Gasteiger partial charge < -0.3 is 9.47 Å². The van der Waals surface area contributed by atoms with E-state index >= 15 is 0 Å². The molecule has 8 nitrogen and oxygen atoms in total. The second-order valence-electron chi connectivity index (χ2n) is 8.59. The van der Waals surface area contributed by atoms with Gasteiger partial charge in [0.2, 0.25) is 0 Å². The normalized spacial score (nSPS) is 18.5. The molecule has 0 amide bonds. The first kappa shape index (κ1) is 26.5. The van der Waals surface area contributed by atoms with Crippen molar-refractivity contribution in [2.24, 2.45) is 10.9 Å². The van der Waals surface area contributed by atoms with Crippen molar-refractivity contribution in [1.29, 1.82) is 0 Å². The van der Waals surface area contributed by atoms with Crippen LogP contribution in [-0.4, -0.2) is 35.8 Å². The minimum atomic E-state index is -0.923. The lowest BCUT2D eigenvalue weighted by molar-refractivity contribution is -0.384. The van der Waals surface area contributed by atoms with E-state index in [0.29, 0.717) is 23.4 Å². The summed E-state index contributed by atoms with van der Waals surface area (Å²) in [5, 5.41) is 11.4. The van der Waals surface area contributed by atoms with Crippen LogP contribution in [0.1, 0.15) is 50.7 Å². The number of hydrogen-bond acceptors (Lipinski definition) is 7. The monoisotopic (exact) mass is 490 g/mol. The number of allylic oxidation sites excluding steroid dienone is 1. The van der Waals surface area contributed by atoms with Gasteiger partial charge in [-0.15, -0.1) is 0 Å². The summed E-state index contributed by atoms with van der Waals surface area (Å²) >= 11 is 0. The largest absolute Gasteiger partial charge is 0.468 e. The summed E-state index contributed by atoms with van der Waals surface area (Å²) in [6, 6.07) is 15.6. The molecule has 188 valence electrons. The van der Waals surface area contributed by atoms with Crippen molar-refractivity contribution in [3.05, 3.63) is 93.2 Å². The van der Waals surface area contributed by atoms with Crippen LogP contribution in [0, 0.1) is 16.0 Å². The number of aliphatic imine (C=N–C) groups is 1. The number of nitrogens with zero attached hydrogens (tertiary/aromatic N) is 2. The third-order valence-electron chi connectivity index (χ3n) is 6.08. The molecule has 3 unspecified atom stereocenters. The number of ether oxygens (including phenoxy) is 2. The molecule has 0 N–H and O–H groups in total. The lowest BCUT2D eigenvalue weighted by Crippen LogP contribution is -2.36. The predicted octanol–water partition coefficient (Wildman–Crippen LogP) is 5.64. The number of nitro groups is 1. The molecule has 8 heteroatoms. The Labute approximate surface area is 210 Å². The Balaban J connectivity index is 2.02. The number of nitro benzene ring substituents is 1. The molecule has 0 saturated heterocycles. The smallest absolute Gasteiger partial charge is 0.337 e. The van der Waals surface area contributed by atoms with Crippen LogP contribution < -0.4 is 0 Å². The van der Waals surface area contributed by atoms with Gasteiger partial charge in [-0.1, -0.05) is 61.9 Å². The van der Waals surface area contributed by atoms with Crippen molar-refractivity contribution >= 4 is 29.4 Å². The number of non-ortho nitro benzene ring substituents is 1. The Hall–Kier alpha value is -4.07. The third-order valence-corrected chi connectivity index (χ3v) is 6.08. The SMILES string of the molecule is CCCC(C=Cc1ccccc1)OC(=O)C1=C(C)N=C(C)C(C(=O)OC)C1c1cccc([N+](=O)[O-])c1. The number of methoxy groups -OCH3 is 1. The molecule has 2 aromatic rings. The van der Waals surface area contributed by atoms with Crippen LogP contribution >= 0.6 is 0 Å². The number of carbonyl (C=O) groups excluding carboxylic acids is 2. The van der Waals surface area contributed by atoms with Gasteiger partial charge in [-0.2, -0.15) is 0 Å². The fraction of sp³-hybridized carbons (Fsp3) is 0.321. The van der Waals surface area contributed by atoms with E-state index in [2.05, 4.69) is 4.99 Å². The maximum atomic E-state index is 13.6. The van der Waals surface area contributed by atoms with Crippen LogP contribution in [0.15, 0.2) is 76.9 Å². The summed E-state index contributed by atoms with van der Waals surface area (Å²) in [7, 11) is 1.26. The standard InChI is InChI=1S/C28H30N2O6/c1-5-10-23(16-15-20-11-7-6-8-12-20)36-28(32)25-19(3)29-18(2)24(27(31)35-4)26(25)21-13-9-14-22(17-21)30(33)34/h6-9,11-17,23-24,26H,5,10H2,1-4H3. The summed E-state index contributed by atoms with van der Waals surface area (Å²) < 4.78 is 10.9. The lowest BCUT2D eigenvalue weighted by atomic mass is 9.75. The van der Waals surface area contributed by atoms with Gasteiger partial charge >= 0.3 is 11.9 Å². The predicted molar refractivity (Wildman–Crippen MR) is 137 cm³/mol. The molecule has 1 heterocycles. The first-order valence-electron chi connectivity index (χ1n) is 11.8. The zero-order chi connectivity index (χ0) is 26.2. The van der Waals surface area contributed by atoms with Gasteiger partial charge in [-0.3, -0.25) is 19.9 Å². The highest BCUT2D eigenvalue weighted by atomic mass is 16.6. The number of benzene rings is 2. The van der Waals surface area contributed by atoms with Crippen molar-refractivity contribution in [2.45, 2.75) is 45.6 Å². The molecule has 0 saturated carbocycles. The summed E-state index contributed by atoms with van der Waals surface area (Å²) in [6.45, 7) is 5.35. The first-order chi connectivity index (χ1) is 17.3. The Morgan fingerprint density at radius 2 is 1.86 bits per heavy atom. The number of hydrogen-bond donors (Lipinski definition) is 0. The summed E-state index contributed by atoms with van der Waals surface area (Å²) in [5.74, 6) is -2.97. The van der Waals surface area contributed by atoms with Crippen LogP contribution in [0.25, 0.3) is 6.08 Å². The minimum Gasteiger partial charge on any atom is -0.468 e. The zero-order valence-electron chi connectivity index (χ0n) is 20.8. The zero-order valence-corrected chi connectivity index (χ0v) is 20.8. The second kappa shape index (κ2) is 12.1. The Bertz CT molecular complexity index is 1220. The van der Waals surface area contributed by atoms with Gasteiger partial charge in [0.25, 0.3) is 5.69 Å². The molecule has 3 atom stereocenters. The average Bonchev–Trinajstić information content (AvgIpc) is 2.87. The third kappa shape index (κ3) is 6.13. The molecule has 0 spiro atoms. The van der Waals surface area contributed by atoms with Crippen molar-refractivity contribution in [1.82, 2.24) is 0 Å². The van der Waals surface area contributed by atoms with Gasteiger partial charge in [0.1, 0.15) is 12.0 Å². The summed E-state index contributed by atoms with van der Waals surface area (Å²) in [6.07, 6.45) is 4.62. The Kier molecular flexibility index (Phi) is 8.89. The fourth-order valence-corrected chi connectivity index (χ4v) is 4.39. The van der Waals surface area contributed by atoms with E-state index < -0.39 is 34.8 Å². The van der Waals surface area contributed by atoms with E-state index in [1.54, 1.807) is 19.9 Å². The van der Waals surface area contributed by atoms with E-state index in [0.717, 1.165) is 12.0 Å². The number of carbonyl (C=O) groups is 2. The fourth-order valence-electron chi connectivity index (χ4n) is 4.39. The molecule has 3 rings (SSSR count). The maximum Gasteiger partial charge on any atom is 0.337 e. The van der Waals surface area contributed by atoms with E-state index in [9.17, 15) is 19.7 Å². The lowest BCUT2D eigenvalue weighted by Gasteiger charge is -2.31. The number of esters is 2. The maximum absolute atomic E-state index is 13.6. The minimum absolute atomic E-state index is 0.142. The molecule has 0 fully saturated rings. The molecule has 0 bridgehead atoms. The summed E-state index contributed by atoms with van der Waals surface area (Å²) in [5.41, 5.74) is 2.31. The topological polar surface area (TPSA) is 108 Å². The Morgan fingerprint density at radius 1 is 1.14 bits per heavy atom. The first-order valence-corrected chi connectivity index (χ1v) is 11.8.